The van der Waals surface area contributed by atoms with Crippen LogP contribution in [-0.4, -0.2) is 0 Å². The molecule has 0 saturated carbocycles. The van der Waals surface area contributed by atoms with Gasteiger partial charge in [0.15, 0.2) is 0 Å². The van der Waals surface area contributed by atoms with Crippen LogP contribution in [0.25, 0.3) is 0 Å². The van der Waals surface area contributed by atoms with Gasteiger partial charge in [0.05, 0.1) is 0 Å². The molecule has 0 spiro atoms. The van der Waals surface area contributed by atoms with E-state index in [2.05, 4.69) is 0 Å². The van der Waals surface area contributed by atoms with Gasteiger partial charge in [0.1, 0.15) is 0 Å². The Bertz CT molecular complexity index is 6.85. The van der Waals surface area contributed by atoms with Gasteiger partial charge >= 0.3 is 64.0 Å². The second kappa shape index (κ2) is 37.1. The summed E-state index contributed by atoms with van der Waals surface area (Å²) in [6, 6.07) is 0. The molecular formula is DyO3Sc. The van der Waals surface area contributed by atoms with E-state index in [0.29, 0.717) is 0 Å². The van der Waals surface area contributed by atoms with Crippen molar-refractivity contribution in [3.63, 3.8) is 0 Å². The molecule has 5 heteroatoms. The van der Waals surface area contributed by atoms with Crippen molar-refractivity contribution in [2.45, 2.75) is 0 Å². The summed E-state index contributed by atoms with van der Waals surface area (Å²) in [4.78, 5) is 0. The zero-order valence-corrected chi connectivity index (χ0v) is 5.95. The molecule has 0 aliphatic rings. The molecule has 0 bridgehead atoms. The molecule has 0 aliphatic heterocycles. The van der Waals surface area contributed by atoms with Crippen LogP contribution in [-0.2, 0) is 42.3 Å². The SMILES string of the molecule is [Dy+3].[O-2].[O-2].[O-2].[Sc+3]. The molecular weight excluding hydrogens is 255 g/mol. The van der Waals surface area contributed by atoms with E-state index in [-0.39, 0.29) is 80.4 Å². The molecule has 0 fully saturated rings. The van der Waals surface area contributed by atoms with Gasteiger partial charge in [-0.05, 0) is 0 Å². The van der Waals surface area contributed by atoms with Crippen LogP contribution in [0.3, 0.4) is 0 Å². The maximum Gasteiger partial charge on any atom is 3.00 e. The average Bonchev–Trinajstić information content (AvgIpc) is 0. The van der Waals surface area contributed by atoms with Crippen LogP contribution in [0.4, 0.5) is 0 Å². The van der Waals surface area contributed by atoms with Gasteiger partial charge in [0.2, 0.25) is 0 Å². The van der Waals surface area contributed by atoms with E-state index in [0.717, 1.165) is 0 Å². The molecule has 0 aromatic heterocycles. The summed E-state index contributed by atoms with van der Waals surface area (Å²) in [5, 5.41) is 0. The first-order valence-corrected chi connectivity index (χ1v) is 0. The summed E-state index contributed by atoms with van der Waals surface area (Å²) in [5.41, 5.74) is 0. The van der Waals surface area contributed by atoms with Crippen LogP contribution in [0.15, 0.2) is 0 Å². The first-order valence-electron chi connectivity index (χ1n) is 0. The Morgan fingerprint density at radius 2 is 0.600 bits per heavy atom. The number of hydrogen-bond donors (Lipinski definition) is 0. The van der Waals surface area contributed by atoms with E-state index < -0.39 is 0 Å². The Morgan fingerprint density at radius 3 is 0.600 bits per heavy atom. The molecule has 3 nitrogen and oxygen atoms in total. The van der Waals surface area contributed by atoms with Gasteiger partial charge < -0.3 is 16.4 Å². The standard InChI is InChI=1S/Dy.3O.Sc/q+3;3*-2;+3. The molecule has 0 unspecified atom stereocenters. The molecule has 0 aliphatic carbocycles. The number of rotatable bonds is 0. The fourth-order valence-electron chi connectivity index (χ4n) is 0. The van der Waals surface area contributed by atoms with Crippen LogP contribution in [0.5, 0.6) is 0 Å². The molecule has 0 saturated heterocycles. The summed E-state index contributed by atoms with van der Waals surface area (Å²) >= 11 is 0. The molecule has 0 amide bonds. The zero-order valence-electron chi connectivity index (χ0n) is 2.12. The minimum atomic E-state index is 0. The van der Waals surface area contributed by atoms with E-state index in [1.54, 1.807) is 0 Å². The average molecular weight is 255 g/mol. The Hall–Kier alpha value is 2.02. The fourth-order valence-corrected chi connectivity index (χ4v) is 0. The summed E-state index contributed by atoms with van der Waals surface area (Å²) in [5.74, 6) is 0. The monoisotopic (exact) mass is 257 g/mol. The van der Waals surface area contributed by atoms with Crippen molar-refractivity contribution in [3.05, 3.63) is 0 Å². The topological polar surface area (TPSA) is 85.5 Å². The Morgan fingerprint density at radius 1 is 0.600 bits per heavy atom. The summed E-state index contributed by atoms with van der Waals surface area (Å²) in [6.07, 6.45) is 0. The van der Waals surface area contributed by atoms with Crippen LogP contribution < -0.4 is 0 Å². The second-order valence-electron chi connectivity index (χ2n) is 0. The van der Waals surface area contributed by atoms with Crippen molar-refractivity contribution >= 4 is 0 Å². The molecule has 0 heterocycles. The Balaban J connectivity index is 0. The van der Waals surface area contributed by atoms with Gasteiger partial charge in [-0.15, -0.1) is 0 Å². The largest absolute Gasteiger partial charge is 3.00 e. The van der Waals surface area contributed by atoms with Crippen LogP contribution in [0.2, 0.25) is 0 Å². The summed E-state index contributed by atoms with van der Waals surface area (Å²) in [7, 11) is 0. The van der Waals surface area contributed by atoms with Gasteiger partial charge in [-0.1, -0.05) is 0 Å². The first-order chi connectivity index (χ1) is 0. The van der Waals surface area contributed by atoms with Gasteiger partial charge in [-0.3, -0.25) is 0 Å². The van der Waals surface area contributed by atoms with Crippen LogP contribution in [0, 0.1) is 38.2 Å². The molecule has 1 radical (unpaired) electrons. The van der Waals surface area contributed by atoms with E-state index in [4.69, 9.17) is 0 Å². The van der Waals surface area contributed by atoms with Crippen molar-refractivity contribution in [2.75, 3.05) is 0 Å². The predicted octanol–water partition coefficient (Wildman–Crippen LogP) is -0.359. The summed E-state index contributed by atoms with van der Waals surface area (Å²) < 4.78 is 0. The fraction of sp³-hybridized carbons (Fsp3) is 0. The van der Waals surface area contributed by atoms with E-state index in [1.165, 1.54) is 0 Å². The molecule has 0 aromatic rings. The van der Waals surface area contributed by atoms with Crippen molar-refractivity contribution < 1.29 is 80.4 Å². The molecule has 5 heavy (non-hydrogen) atoms. The van der Waals surface area contributed by atoms with Crippen molar-refractivity contribution in [2.24, 2.45) is 0 Å². The molecule has 0 N–H and O–H groups in total. The van der Waals surface area contributed by atoms with E-state index in [1.807, 2.05) is 0 Å². The maximum atomic E-state index is 0. The molecule has 0 rings (SSSR count). The maximum absolute atomic E-state index is 0. The van der Waals surface area contributed by atoms with Gasteiger partial charge in [0, 0.05) is 0 Å². The van der Waals surface area contributed by atoms with Crippen molar-refractivity contribution in [1.82, 2.24) is 0 Å². The second-order valence-corrected chi connectivity index (χ2v) is 0. The molecule has 0 atom stereocenters. The van der Waals surface area contributed by atoms with Gasteiger partial charge in [-0.25, -0.2) is 0 Å². The third kappa shape index (κ3) is 23.8. The van der Waals surface area contributed by atoms with E-state index in [9.17, 15) is 0 Å². The Labute approximate surface area is 79.2 Å². The minimum Gasteiger partial charge on any atom is -2.00 e. The van der Waals surface area contributed by atoms with Gasteiger partial charge in [-0.2, -0.15) is 0 Å². The van der Waals surface area contributed by atoms with Crippen molar-refractivity contribution in [1.29, 1.82) is 0 Å². The molecule has 0 aromatic carbocycles. The normalized spacial score (nSPS) is 0. The predicted molar refractivity (Wildman–Crippen MR) is 2.06 cm³/mol. The third-order valence-electron chi connectivity index (χ3n) is 0. The van der Waals surface area contributed by atoms with Gasteiger partial charge in [0.25, 0.3) is 0 Å². The minimum absolute atomic E-state index is 0. The molecule has 31 valence electrons. The zero-order chi connectivity index (χ0) is 0. The summed E-state index contributed by atoms with van der Waals surface area (Å²) in [6.45, 7) is 0. The van der Waals surface area contributed by atoms with Crippen LogP contribution in [0.1, 0.15) is 0 Å². The van der Waals surface area contributed by atoms with Crippen molar-refractivity contribution in [3.8, 4) is 0 Å². The quantitative estimate of drug-likeness (QED) is 0.566. The smallest absolute Gasteiger partial charge is 2.00 e. The Kier molecular flexibility index (Phi) is 462. The number of hydrogen-bond acceptors (Lipinski definition) is 0. The third-order valence-corrected chi connectivity index (χ3v) is 0. The van der Waals surface area contributed by atoms with E-state index >= 15 is 0 Å². The van der Waals surface area contributed by atoms with Crippen LogP contribution >= 0.6 is 0 Å². The first kappa shape index (κ1) is 62.3.